The molecule has 0 saturated heterocycles. The molecule has 0 unspecified atom stereocenters. The predicted octanol–water partition coefficient (Wildman–Crippen LogP) is 6.88. The minimum atomic E-state index is -4.53. The molecule has 1 aliphatic heterocycles. The van der Waals surface area contributed by atoms with Gasteiger partial charge < -0.3 is 20.9 Å². The van der Waals surface area contributed by atoms with E-state index in [1.165, 1.54) is 23.3 Å². The van der Waals surface area contributed by atoms with E-state index in [2.05, 4.69) is 33.0 Å². The third-order valence-electron chi connectivity index (χ3n) is 6.96. The molecule has 3 amide bonds. The molecule has 0 spiro atoms. The molecule has 0 radical (unpaired) electrons. The van der Waals surface area contributed by atoms with Crippen LogP contribution < -0.4 is 20.9 Å². The van der Waals surface area contributed by atoms with Crippen LogP contribution in [0.25, 0.3) is 0 Å². The second-order valence-electron chi connectivity index (χ2n) is 9.82. The lowest BCUT2D eigenvalue weighted by Crippen LogP contribution is -2.33. The number of fused-ring (bicyclic) bond motifs is 1. The van der Waals surface area contributed by atoms with Gasteiger partial charge in [-0.1, -0.05) is 60.7 Å². The van der Waals surface area contributed by atoms with Crippen LogP contribution in [-0.2, 0) is 25.6 Å². The van der Waals surface area contributed by atoms with Crippen molar-refractivity contribution in [2.45, 2.75) is 25.6 Å². The number of hydrogen-bond acceptors (Lipinski definition) is 3. The number of amides is 3. The zero-order valence-electron chi connectivity index (χ0n) is 22.2. The van der Waals surface area contributed by atoms with Gasteiger partial charge in [-0.05, 0) is 65.9 Å². The number of carbonyl (C=O) groups is 2. The first kappa shape index (κ1) is 27.8. The number of carbonyl (C=O) groups excluding carboxylic acids is 2. The molecule has 9 heteroatoms. The van der Waals surface area contributed by atoms with E-state index in [9.17, 15) is 22.8 Å². The van der Waals surface area contributed by atoms with Crippen molar-refractivity contribution in [3.63, 3.8) is 0 Å². The molecular weight excluding hydrogens is 529 g/mol. The molecule has 1 aliphatic rings. The van der Waals surface area contributed by atoms with Crippen LogP contribution in [-0.4, -0.2) is 25.0 Å². The Morgan fingerprint density at radius 3 is 2.24 bits per heavy atom. The Kier molecular flexibility index (Phi) is 8.24. The van der Waals surface area contributed by atoms with Crippen molar-refractivity contribution in [1.29, 1.82) is 0 Å². The second kappa shape index (κ2) is 12.2. The summed E-state index contributed by atoms with van der Waals surface area (Å²) in [5.74, 6) is -0.281. The van der Waals surface area contributed by atoms with Gasteiger partial charge in [0.1, 0.15) is 0 Å². The zero-order chi connectivity index (χ0) is 28.8. The van der Waals surface area contributed by atoms with E-state index in [-0.39, 0.29) is 11.6 Å². The number of halogens is 3. The number of alkyl halides is 3. The van der Waals surface area contributed by atoms with Crippen LogP contribution in [0.2, 0.25) is 0 Å². The SMILES string of the molecule is O=C(Nc1cccc(C(F)(F)F)c1)Nc1ccc(N2CCc3ccccc3C2)c(C(=O)NCCc2ccccc2)c1. The Morgan fingerprint density at radius 1 is 0.780 bits per heavy atom. The summed E-state index contributed by atoms with van der Waals surface area (Å²) in [4.78, 5) is 28.2. The highest BCUT2D eigenvalue weighted by molar-refractivity contribution is 6.04. The minimum Gasteiger partial charge on any atom is -0.366 e. The molecule has 6 nitrogen and oxygen atoms in total. The number of rotatable bonds is 7. The number of nitrogens with one attached hydrogen (secondary N) is 3. The molecule has 1 heterocycles. The molecule has 0 bridgehead atoms. The van der Waals surface area contributed by atoms with Gasteiger partial charge in [0.05, 0.1) is 11.1 Å². The number of hydrogen-bond donors (Lipinski definition) is 3. The maximum atomic E-state index is 13.4. The highest BCUT2D eigenvalue weighted by Crippen LogP contribution is 2.32. The van der Waals surface area contributed by atoms with Crippen molar-refractivity contribution in [1.82, 2.24) is 5.32 Å². The van der Waals surface area contributed by atoms with Crippen LogP contribution in [0.1, 0.15) is 32.6 Å². The molecule has 4 aromatic rings. The number of anilines is 3. The summed E-state index contributed by atoms with van der Waals surface area (Å²) in [5.41, 5.74) is 4.18. The van der Waals surface area contributed by atoms with E-state index >= 15 is 0 Å². The summed E-state index contributed by atoms with van der Waals surface area (Å²) in [7, 11) is 0. The van der Waals surface area contributed by atoms with E-state index in [0.29, 0.717) is 30.8 Å². The van der Waals surface area contributed by atoms with Gasteiger partial charge in [0.25, 0.3) is 5.91 Å². The fourth-order valence-corrected chi connectivity index (χ4v) is 4.90. The van der Waals surface area contributed by atoms with E-state index in [1.54, 1.807) is 18.2 Å². The molecule has 0 aliphatic carbocycles. The minimum absolute atomic E-state index is 0.000180. The second-order valence-corrected chi connectivity index (χ2v) is 9.82. The van der Waals surface area contributed by atoms with Gasteiger partial charge in [-0.2, -0.15) is 13.2 Å². The van der Waals surface area contributed by atoms with Crippen molar-refractivity contribution in [2.24, 2.45) is 0 Å². The van der Waals surface area contributed by atoms with Crippen LogP contribution in [0.3, 0.4) is 0 Å². The summed E-state index contributed by atoms with van der Waals surface area (Å²) in [6.07, 6.45) is -3.03. The summed E-state index contributed by atoms with van der Waals surface area (Å²) < 4.78 is 39.2. The van der Waals surface area contributed by atoms with Crippen LogP contribution in [0.5, 0.6) is 0 Å². The lowest BCUT2D eigenvalue weighted by molar-refractivity contribution is -0.137. The number of benzene rings is 4. The van der Waals surface area contributed by atoms with Gasteiger partial charge in [-0.3, -0.25) is 4.79 Å². The summed E-state index contributed by atoms with van der Waals surface area (Å²) in [6, 6.07) is 26.8. The Balaban J connectivity index is 1.34. The van der Waals surface area contributed by atoms with Gasteiger partial charge in [-0.15, -0.1) is 0 Å². The van der Waals surface area contributed by atoms with Crippen molar-refractivity contribution >= 4 is 29.0 Å². The Bertz CT molecular complexity index is 1540. The largest absolute Gasteiger partial charge is 0.416 e. The zero-order valence-corrected chi connectivity index (χ0v) is 22.2. The molecule has 3 N–H and O–H groups in total. The van der Waals surface area contributed by atoms with E-state index in [0.717, 1.165) is 36.3 Å². The summed E-state index contributed by atoms with van der Waals surface area (Å²) in [6.45, 7) is 1.80. The van der Waals surface area contributed by atoms with Gasteiger partial charge in [0.2, 0.25) is 0 Å². The van der Waals surface area contributed by atoms with Crippen LogP contribution in [0.4, 0.5) is 35.0 Å². The lowest BCUT2D eigenvalue weighted by atomic mass is 9.98. The standard InChI is InChI=1S/C32H29F3N4O2/c33-32(34,35)25-11-6-12-26(19-25)37-31(41)38-27-13-14-29(39-18-16-23-9-4-5-10-24(23)21-39)28(20-27)30(40)36-17-15-22-7-2-1-3-8-22/h1-14,19-20H,15-18,21H2,(H,36,40)(H2,37,38,41). The predicted molar refractivity (Wildman–Crippen MR) is 154 cm³/mol. The van der Waals surface area contributed by atoms with Crippen LogP contribution in [0.15, 0.2) is 97.1 Å². The highest BCUT2D eigenvalue weighted by Gasteiger charge is 2.30. The molecule has 210 valence electrons. The van der Waals surface area contributed by atoms with E-state index in [4.69, 9.17) is 0 Å². The fraction of sp³-hybridized carbons (Fsp3) is 0.188. The topological polar surface area (TPSA) is 73.5 Å². The summed E-state index contributed by atoms with van der Waals surface area (Å²) in [5, 5.41) is 8.06. The first-order chi connectivity index (χ1) is 19.8. The van der Waals surface area contributed by atoms with E-state index < -0.39 is 17.8 Å². The number of urea groups is 1. The normalized spacial score (nSPS) is 12.8. The fourth-order valence-electron chi connectivity index (χ4n) is 4.90. The van der Waals surface area contributed by atoms with Crippen LogP contribution in [0, 0.1) is 0 Å². The molecule has 0 aromatic heterocycles. The molecule has 4 aromatic carbocycles. The van der Waals surface area contributed by atoms with Crippen LogP contribution >= 0.6 is 0 Å². The Labute approximate surface area is 236 Å². The quantitative estimate of drug-likeness (QED) is 0.231. The van der Waals surface area contributed by atoms with Crippen molar-refractivity contribution in [3.8, 4) is 0 Å². The maximum absolute atomic E-state index is 13.4. The van der Waals surface area contributed by atoms with Gasteiger partial charge in [0.15, 0.2) is 0 Å². The molecule has 0 atom stereocenters. The van der Waals surface area contributed by atoms with Crippen molar-refractivity contribution < 1.29 is 22.8 Å². The molecule has 0 saturated carbocycles. The first-order valence-corrected chi connectivity index (χ1v) is 13.3. The monoisotopic (exact) mass is 558 g/mol. The average molecular weight is 559 g/mol. The smallest absolute Gasteiger partial charge is 0.366 e. The molecular formula is C32H29F3N4O2. The van der Waals surface area contributed by atoms with E-state index in [1.807, 2.05) is 42.5 Å². The average Bonchev–Trinajstić information content (AvgIpc) is 2.97. The van der Waals surface area contributed by atoms with Crippen molar-refractivity contribution in [3.05, 3.63) is 125 Å². The molecule has 5 rings (SSSR count). The Hall–Kier alpha value is -4.79. The van der Waals surface area contributed by atoms with Gasteiger partial charge in [0, 0.05) is 36.7 Å². The van der Waals surface area contributed by atoms with Gasteiger partial charge in [-0.25, -0.2) is 4.79 Å². The van der Waals surface area contributed by atoms with Crippen molar-refractivity contribution in [2.75, 3.05) is 28.6 Å². The lowest BCUT2D eigenvalue weighted by Gasteiger charge is -2.32. The third kappa shape index (κ3) is 7.05. The first-order valence-electron chi connectivity index (χ1n) is 13.3. The van der Waals surface area contributed by atoms with Gasteiger partial charge >= 0.3 is 12.2 Å². The number of nitrogens with zero attached hydrogens (tertiary/aromatic N) is 1. The molecule has 0 fully saturated rings. The third-order valence-corrected chi connectivity index (χ3v) is 6.96. The summed E-state index contributed by atoms with van der Waals surface area (Å²) >= 11 is 0. The highest BCUT2D eigenvalue weighted by atomic mass is 19.4. The maximum Gasteiger partial charge on any atom is 0.416 e. The Morgan fingerprint density at radius 2 is 1.49 bits per heavy atom. The molecule has 41 heavy (non-hydrogen) atoms.